The normalized spacial score (nSPS) is 17.8. The fourth-order valence-corrected chi connectivity index (χ4v) is 3.54. The van der Waals surface area contributed by atoms with E-state index < -0.39 is 17.7 Å². The molecule has 0 saturated carbocycles. The van der Waals surface area contributed by atoms with Crippen molar-refractivity contribution in [3.8, 4) is 17.2 Å². The average molecular weight is 427 g/mol. The number of phenolic OH excluding ortho intramolecular Hbond substituents is 1. The highest BCUT2D eigenvalue weighted by Gasteiger charge is 2.46. The lowest BCUT2D eigenvalue weighted by Gasteiger charge is -2.25. The first-order chi connectivity index (χ1) is 14.9. The fourth-order valence-electron chi connectivity index (χ4n) is 3.54. The molecule has 1 heterocycles. The third-order valence-electron chi connectivity index (χ3n) is 5.02. The molecule has 2 N–H and O–H groups in total. The van der Waals surface area contributed by atoms with Crippen molar-refractivity contribution in [2.75, 3.05) is 34.0 Å². The number of aromatic hydroxyl groups is 1. The molecule has 8 nitrogen and oxygen atoms in total. The van der Waals surface area contributed by atoms with Crippen LogP contribution in [0.3, 0.4) is 0 Å². The number of rotatable bonds is 8. The molecule has 0 aliphatic carbocycles. The molecule has 1 unspecified atom stereocenters. The Bertz CT molecular complexity index is 1010. The van der Waals surface area contributed by atoms with Crippen molar-refractivity contribution < 1.29 is 34.0 Å². The van der Waals surface area contributed by atoms with E-state index >= 15 is 0 Å². The van der Waals surface area contributed by atoms with Crippen LogP contribution < -0.4 is 9.47 Å². The summed E-state index contributed by atoms with van der Waals surface area (Å²) < 4.78 is 15.8. The first-order valence-electron chi connectivity index (χ1n) is 9.80. The van der Waals surface area contributed by atoms with Gasteiger partial charge in [0.25, 0.3) is 11.7 Å². The Morgan fingerprint density at radius 2 is 1.90 bits per heavy atom. The van der Waals surface area contributed by atoms with Crippen LogP contribution in [-0.4, -0.2) is 60.8 Å². The molecule has 1 fully saturated rings. The lowest BCUT2D eigenvalue weighted by molar-refractivity contribution is -0.140. The number of amides is 1. The van der Waals surface area contributed by atoms with Crippen molar-refractivity contribution in [3.05, 3.63) is 59.2 Å². The van der Waals surface area contributed by atoms with Crippen LogP contribution in [-0.2, 0) is 14.3 Å². The van der Waals surface area contributed by atoms with Gasteiger partial charge in [-0.15, -0.1) is 0 Å². The van der Waals surface area contributed by atoms with E-state index in [-0.39, 0.29) is 36.0 Å². The average Bonchev–Trinajstić information content (AvgIpc) is 3.03. The molecule has 0 spiro atoms. The van der Waals surface area contributed by atoms with Crippen molar-refractivity contribution in [2.24, 2.45) is 0 Å². The summed E-state index contributed by atoms with van der Waals surface area (Å²) in [6.07, 6.45) is 0. The number of ether oxygens (including phenoxy) is 3. The van der Waals surface area contributed by atoms with Crippen molar-refractivity contribution in [1.29, 1.82) is 0 Å². The first-order valence-corrected chi connectivity index (χ1v) is 9.80. The topological polar surface area (TPSA) is 106 Å². The molecule has 1 amide bonds. The maximum Gasteiger partial charge on any atom is 0.295 e. The second kappa shape index (κ2) is 9.53. The highest BCUT2D eigenvalue weighted by molar-refractivity contribution is 6.46. The number of nitrogens with zero attached hydrogens (tertiary/aromatic N) is 1. The van der Waals surface area contributed by atoms with Gasteiger partial charge in [-0.1, -0.05) is 18.2 Å². The Morgan fingerprint density at radius 3 is 2.58 bits per heavy atom. The molecule has 2 aromatic rings. The maximum absolute atomic E-state index is 12.9. The molecule has 0 bridgehead atoms. The van der Waals surface area contributed by atoms with E-state index in [0.29, 0.717) is 23.5 Å². The molecule has 0 aromatic heterocycles. The maximum atomic E-state index is 12.9. The zero-order valence-electron chi connectivity index (χ0n) is 17.6. The molecule has 8 heteroatoms. The predicted molar refractivity (Wildman–Crippen MR) is 113 cm³/mol. The first kappa shape index (κ1) is 22.2. The van der Waals surface area contributed by atoms with Crippen LogP contribution in [0, 0.1) is 0 Å². The van der Waals surface area contributed by atoms with Gasteiger partial charge in [0.1, 0.15) is 11.5 Å². The molecule has 164 valence electrons. The molecule has 1 atom stereocenters. The van der Waals surface area contributed by atoms with Gasteiger partial charge in [-0.25, -0.2) is 0 Å². The number of aliphatic hydroxyl groups is 1. The van der Waals surface area contributed by atoms with Gasteiger partial charge in [-0.05, 0) is 36.8 Å². The predicted octanol–water partition coefficient (Wildman–Crippen LogP) is 2.87. The zero-order valence-corrected chi connectivity index (χ0v) is 17.6. The van der Waals surface area contributed by atoms with Crippen molar-refractivity contribution in [1.82, 2.24) is 4.90 Å². The van der Waals surface area contributed by atoms with Gasteiger partial charge in [-0.2, -0.15) is 0 Å². The van der Waals surface area contributed by atoms with Crippen molar-refractivity contribution >= 4 is 17.4 Å². The second-order valence-electron chi connectivity index (χ2n) is 6.88. The van der Waals surface area contributed by atoms with E-state index in [1.807, 2.05) is 0 Å². The Labute approximate surface area is 180 Å². The number of phenols is 1. The minimum atomic E-state index is -0.874. The molecular weight excluding hydrogens is 402 g/mol. The Hall–Kier alpha value is -3.52. The highest BCUT2D eigenvalue weighted by atomic mass is 16.5. The van der Waals surface area contributed by atoms with Crippen LogP contribution in [0.5, 0.6) is 17.2 Å². The molecule has 2 aromatic carbocycles. The number of Topliss-reactive ketones (excluding diaryl/α,β-unsaturated/α-hetero) is 1. The molecule has 0 radical (unpaired) electrons. The van der Waals surface area contributed by atoms with Crippen LogP contribution in [0.15, 0.2) is 48.0 Å². The van der Waals surface area contributed by atoms with E-state index in [1.54, 1.807) is 43.3 Å². The summed E-state index contributed by atoms with van der Waals surface area (Å²) in [6.45, 7) is 2.45. The van der Waals surface area contributed by atoms with Crippen LogP contribution in [0.1, 0.15) is 24.1 Å². The molecule has 1 aliphatic heterocycles. The van der Waals surface area contributed by atoms with Gasteiger partial charge in [0, 0.05) is 19.2 Å². The van der Waals surface area contributed by atoms with Crippen molar-refractivity contribution in [3.63, 3.8) is 0 Å². The minimum Gasteiger partial charge on any atom is -0.507 e. The van der Waals surface area contributed by atoms with Crippen LogP contribution >= 0.6 is 0 Å². The van der Waals surface area contributed by atoms with Crippen LogP contribution in [0.2, 0.25) is 0 Å². The minimum absolute atomic E-state index is 0.0532. The number of benzene rings is 2. The van der Waals surface area contributed by atoms with Gasteiger partial charge in [0.05, 0.1) is 31.9 Å². The Kier molecular flexibility index (Phi) is 6.81. The van der Waals surface area contributed by atoms with E-state index in [4.69, 9.17) is 14.2 Å². The molecule has 31 heavy (non-hydrogen) atoms. The van der Waals surface area contributed by atoms with Crippen LogP contribution in [0.25, 0.3) is 5.76 Å². The summed E-state index contributed by atoms with van der Waals surface area (Å²) in [5, 5.41) is 21.1. The number of aliphatic hydroxyl groups excluding tert-OH is 1. The van der Waals surface area contributed by atoms with Gasteiger partial charge in [0.2, 0.25) is 0 Å². The quantitative estimate of drug-likeness (QED) is 0.379. The largest absolute Gasteiger partial charge is 0.507 e. The van der Waals surface area contributed by atoms with Gasteiger partial charge < -0.3 is 29.3 Å². The summed E-state index contributed by atoms with van der Waals surface area (Å²) in [5.41, 5.74) is 0.807. The summed E-state index contributed by atoms with van der Waals surface area (Å²) in [7, 11) is 2.99. The summed E-state index contributed by atoms with van der Waals surface area (Å²) >= 11 is 0. The fraction of sp³-hybridized carbons (Fsp3) is 0.304. The van der Waals surface area contributed by atoms with Crippen LogP contribution in [0.4, 0.5) is 0 Å². The number of hydrogen-bond acceptors (Lipinski definition) is 7. The smallest absolute Gasteiger partial charge is 0.295 e. The lowest BCUT2D eigenvalue weighted by atomic mass is 9.95. The number of hydrogen-bond donors (Lipinski definition) is 2. The summed E-state index contributed by atoms with van der Waals surface area (Å²) in [6, 6.07) is 10.3. The standard InChI is InChI=1S/C23H25NO7/c1-4-31-18-13-14(8-9-17(18)25)20-19(22(27)23(28)24(20)10-11-29-2)21(26)15-6-5-7-16(12-15)30-3/h5-9,12-13,20,25-26H,4,10-11H2,1-3H3/b21-19-. The Morgan fingerprint density at radius 1 is 1.13 bits per heavy atom. The van der Waals surface area contributed by atoms with Crippen molar-refractivity contribution in [2.45, 2.75) is 13.0 Å². The SMILES string of the molecule is CCOc1cc(C2/C(=C(/O)c3cccc(OC)c3)C(=O)C(=O)N2CCOC)ccc1O. The van der Waals surface area contributed by atoms with E-state index in [0.717, 1.165) is 0 Å². The van der Waals surface area contributed by atoms with E-state index in [2.05, 4.69) is 0 Å². The molecule has 1 saturated heterocycles. The number of carbonyl (C=O) groups excluding carboxylic acids is 2. The van der Waals surface area contributed by atoms with E-state index in [1.165, 1.54) is 25.2 Å². The van der Waals surface area contributed by atoms with Gasteiger partial charge in [-0.3, -0.25) is 9.59 Å². The monoisotopic (exact) mass is 427 g/mol. The number of likely N-dealkylation sites (tertiary alicyclic amines) is 1. The second-order valence-corrected chi connectivity index (χ2v) is 6.88. The number of ketones is 1. The third-order valence-corrected chi connectivity index (χ3v) is 5.02. The van der Waals surface area contributed by atoms with Gasteiger partial charge >= 0.3 is 0 Å². The molecule has 3 rings (SSSR count). The Balaban J connectivity index is 2.18. The van der Waals surface area contributed by atoms with E-state index in [9.17, 15) is 19.8 Å². The summed E-state index contributed by atoms with van der Waals surface area (Å²) in [4.78, 5) is 27.1. The lowest BCUT2D eigenvalue weighted by Crippen LogP contribution is -2.32. The third kappa shape index (κ3) is 4.34. The highest BCUT2D eigenvalue weighted by Crippen LogP contribution is 2.41. The summed E-state index contributed by atoms with van der Waals surface area (Å²) in [5.74, 6) is -1.19. The molecular formula is C23H25NO7. The molecule has 1 aliphatic rings. The number of methoxy groups -OCH3 is 2. The number of carbonyl (C=O) groups is 2. The van der Waals surface area contributed by atoms with Gasteiger partial charge in [0.15, 0.2) is 11.5 Å². The zero-order chi connectivity index (χ0) is 22.5.